The van der Waals surface area contributed by atoms with Crippen LogP contribution in [0.5, 0.6) is 17.2 Å². The van der Waals surface area contributed by atoms with Crippen LogP contribution in [0.3, 0.4) is 0 Å². The maximum atomic E-state index is 14.0. The van der Waals surface area contributed by atoms with Gasteiger partial charge in [-0.25, -0.2) is 4.39 Å². The van der Waals surface area contributed by atoms with Crippen LogP contribution in [-0.2, 0) is 0 Å². The van der Waals surface area contributed by atoms with Crippen LogP contribution >= 0.6 is 0 Å². The quantitative estimate of drug-likeness (QED) is 0.735. The van der Waals surface area contributed by atoms with Gasteiger partial charge in [-0.1, -0.05) is 6.92 Å². The average Bonchev–Trinajstić information content (AvgIpc) is 2.95. The van der Waals surface area contributed by atoms with Crippen molar-refractivity contribution in [3.8, 4) is 17.2 Å². The number of ketones is 2. The normalized spacial score (nSPS) is 15.5. The summed E-state index contributed by atoms with van der Waals surface area (Å²) in [5.41, 5.74) is 1.00. The predicted octanol–water partition coefficient (Wildman–Crippen LogP) is 3.79. The SMILES string of the molecule is COc1ccc(C(=O)COc2ccc(F)c3c2C(=O)C[C@@H]3C)cc1OC. The number of fused-ring (bicyclic) bond motifs is 1. The van der Waals surface area contributed by atoms with Crippen LogP contribution in [0, 0.1) is 5.82 Å². The van der Waals surface area contributed by atoms with Gasteiger partial charge in [-0.05, 0) is 36.2 Å². The number of benzene rings is 2. The first kappa shape index (κ1) is 17.9. The highest BCUT2D eigenvalue weighted by molar-refractivity contribution is 6.04. The molecule has 0 fully saturated rings. The molecule has 2 aromatic rings. The number of hydrogen-bond donors (Lipinski definition) is 0. The Morgan fingerprint density at radius 3 is 2.50 bits per heavy atom. The first-order valence-electron chi connectivity index (χ1n) is 8.19. The molecule has 1 aliphatic rings. The zero-order valence-electron chi connectivity index (χ0n) is 14.8. The van der Waals surface area contributed by atoms with Crippen molar-refractivity contribution in [2.24, 2.45) is 0 Å². The molecule has 1 aliphatic carbocycles. The summed E-state index contributed by atoms with van der Waals surface area (Å²) in [5.74, 6) is 0.123. The van der Waals surface area contributed by atoms with Gasteiger partial charge in [-0.3, -0.25) is 9.59 Å². The van der Waals surface area contributed by atoms with Gasteiger partial charge in [0.2, 0.25) is 0 Å². The Morgan fingerprint density at radius 1 is 1.12 bits per heavy atom. The van der Waals surface area contributed by atoms with Crippen molar-refractivity contribution in [3.05, 3.63) is 52.8 Å². The van der Waals surface area contributed by atoms with Crippen molar-refractivity contribution in [2.75, 3.05) is 20.8 Å². The second-order valence-electron chi connectivity index (χ2n) is 6.14. The lowest BCUT2D eigenvalue weighted by atomic mass is 10.0. The third-order valence-electron chi connectivity index (χ3n) is 4.48. The standard InChI is InChI=1S/C20H19FO5/c1-11-8-14(22)20-17(7-5-13(21)19(11)20)26-10-15(23)12-4-6-16(24-2)18(9-12)25-3/h4-7,9,11H,8,10H2,1-3H3/t11-/m0/s1. The van der Waals surface area contributed by atoms with Crippen LogP contribution in [0.15, 0.2) is 30.3 Å². The van der Waals surface area contributed by atoms with Gasteiger partial charge in [0.15, 0.2) is 29.7 Å². The van der Waals surface area contributed by atoms with E-state index in [0.717, 1.165) is 0 Å². The summed E-state index contributed by atoms with van der Waals surface area (Å²) in [5, 5.41) is 0. The van der Waals surface area contributed by atoms with Gasteiger partial charge in [0.25, 0.3) is 0 Å². The fraction of sp³-hybridized carbons (Fsp3) is 0.300. The van der Waals surface area contributed by atoms with Crippen molar-refractivity contribution in [1.29, 1.82) is 0 Å². The molecule has 0 unspecified atom stereocenters. The number of halogens is 1. The average molecular weight is 358 g/mol. The molecule has 0 aliphatic heterocycles. The van der Waals surface area contributed by atoms with Crippen molar-refractivity contribution in [1.82, 2.24) is 0 Å². The van der Waals surface area contributed by atoms with Crippen LogP contribution in [0.1, 0.15) is 45.5 Å². The van der Waals surface area contributed by atoms with Crippen LogP contribution in [-0.4, -0.2) is 32.4 Å². The van der Waals surface area contributed by atoms with E-state index in [9.17, 15) is 14.0 Å². The Bertz CT molecular complexity index is 875. The van der Waals surface area contributed by atoms with E-state index in [1.54, 1.807) is 25.1 Å². The van der Waals surface area contributed by atoms with E-state index in [2.05, 4.69) is 0 Å². The molecule has 3 rings (SSSR count). The van der Waals surface area contributed by atoms with Crippen molar-refractivity contribution in [2.45, 2.75) is 19.3 Å². The summed E-state index contributed by atoms with van der Waals surface area (Å²) in [4.78, 5) is 24.6. The summed E-state index contributed by atoms with van der Waals surface area (Å²) in [6.07, 6.45) is 0.246. The lowest BCUT2D eigenvalue weighted by molar-refractivity contribution is 0.0911. The summed E-state index contributed by atoms with van der Waals surface area (Å²) < 4.78 is 29.9. The predicted molar refractivity (Wildman–Crippen MR) is 93.1 cm³/mol. The van der Waals surface area contributed by atoms with Gasteiger partial charge in [0, 0.05) is 17.5 Å². The summed E-state index contributed by atoms with van der Waals surface area (Å²) >= 11 is 0. The van der Waals surface area contributed by atoms with Crippen LogP contribution in [0.25, 0.3) is 0 Å². The highest BCUT2D eigenvalue weighted by Gasteiger charge is 2.32. The number of hydrogen-bond acceptors (Lipinski definition) is 5. The molecule has 0 bridgehead atoms. The zero-order valence-corrected chi connectivity index (χ0v) is 14.8. The summed E-state index contributed by atoms with van der Waals surface area (Å²) in [6.45, 7) is 1.53. The molecule has 6 heteroatoms. The van der Waals surface area contributed by atoms with Gasteiger partial charge < -0.3 is 14.2 Å². The van der Waals surface area contributed by atoms with Crippen LogP contribution in [0.2, 0.25) is 0 Å². The molecule has 0 N–H and O–H groups in total. The first-order chi connectivity index (χ1) is 12.5. The zero-order chi connectivity index (χ0) is 18.8. The summed E-state index contributed by atoms with van der Waals surface area (Å²) in [6, 6.07) is 7.46. The number of carbonyl (C=O) groups excluding carboxylic acids is 2. The molecular weight excluding hydrogens is 339 g/mol. The minimum absolute atomic E-state index is 0.166. The van der Waals surface area contributed by atoms with Gasteiger partial charge >= 0.3 is 0 Å². The molecule has 0 amide bonds. The molecule has 0 spiro atoms. The Labute approximate surface area is 150 Å². The lowest BCUT2D eigenvalue weighted by Gasteiger charge is -2.12. The molecule has 136 valence electrons. The van der Waals surface area contributed by atoms with E-state index >= 15 is 0 Å². The van der Waals surface area contributed by atoms with E-state index in [0.29, 0.717) is 22.6 Å². The van der Waals surface area contributed by atoms with Crippen molar-refractivity contribution < 1.29 is 28.2 Å². The first-order valence-corrected chi connectivity index (χ1v) is 8.19. The number of methoxy groups -OCH3 is 2. The van der Waals surface area contributed by atoms with E-state index in [4.69, 9.17) is 14.2 Å². The van der Waals surface area contributed by atoms with Gasteiger partial charge in [-0.2, -0.15) is 0 Å². The van der Waals surface area contributed by atoms with Gasteiger partial charge in [0.1, 0.15) is 11.6 Å². The molecular formula is C20H19FO5. The largest absolute Gasteiger partial charge is 0.493 e. The Kier molecular flexibility index (Phi) is 4.93. The number of Topliss-reactive ketones (excluding diaryl/α,β-unsaturated/α-hetero) is 2. The summed E-state index contributed by atoms with van der Waals surface area (Å²) in [7, 11) is 2.99. The lowest BCUT2D eigenvalue weighted by Crippen LogP contribution is -2.13. The van der Waals surface area contributed by atoms with E-state index < -0.39 is 5.82 Å². The third-order valence-corrected chi connectivity index (χ3v) is 4.48. The highest BCUT2D eigenvalue weighted by atomic mass is 19.1. The Balaban J connectivity index is 1.80. The third kappa shape index (κ3) is 3.14. The molecule has 0 radical (unpaired) electrons. The monoisotopic (exact) mass is 358 g/mol. The topological polar surface area (TPSA) is 61.8 Å². The van der Waals surface area contributed by atoms with E-state index in [-0.39, 0.29) is 41.8 Å². The van der Waals surface area contributed by atoms with Crippen molar-refractivity contribution in [3.63, 3.8) is 0 Å². The van der Waals surface area contributed by atoms with Crippen LogP contribution < -0.4 is 14.2 Å². The Morgan fingerprint density at radius 2 is 1.81 bits per heavy atom. The molecule has 5 nitrogen and oxygen atoms in total. The number of ether oxygens (including phenoxy) is 3. The fourth-order valence-electron chi connectivity index (χ4n) is 3.18. The highest BCUT2D eigenvalue weighted by Crippen LogP contribution is 2.39. The fourth-order valence-corrected chi connectivity index (χ4v) is 3.18. The molecule has 0 heterocycles. The molecule has 0 saturated carbocycles. The molecule has 26 heavy (non-hydrogen) atoms. The minimum atomic E-state index is -0.420. The second kappa shape index (κ2) is 7.15. The van der Waals surface area contributed by atoms with Gasteiger partial charge in [-0.15, -0.1) is 0 Å². The molecule has 2 aromatic carbocycles. The van der Waals surface area contributed by atoms with Crippen LogP contribution in [0.4, 0.5) is 4.39 Å². The molecule has 0 aromatic heterocycles. The minimum Gasteiger partial charge on any atom is -0.493 e. The maximum Gasteiger partial charge on any atom is 0.200 e. The van der Waals surface area contributed by atoms with E-state index in [1.165, 1.54) is 26.4 Å². The Hall–Kier alpha value is -2.89. The van der Waals surface area contributed by atoms with E-state index in [1.807, 2.05) is 0 Å². The molecule has 1 atom stereocenters. The smallest absolute Gasteiger partial charge is 0.200 e. The maximum absolute atomic E-state index is 14.0. The van der Waals surface area contributed by atoms with Crippen molar-refractivity contribution >= 4 is 11.6 Å². The number of carbonyl (C=O) groups is 2. The number of rotatable bonds is 6. The molecule has 0 saturated heterocycles. The van der Waals surface area contributed by atoms with Gasteiger partial charge in [0.05, 0.1) is 19.8 Å². The second-order valence-corrected chi connectivity index (χ2v) is 6.14.